The smallest absolute Gasteiger partial charge is 0.251 e. The lowest BCUT2D eigenvalue weighted by Gasteiger charge is -2.13. The summed E-state index contributed by atoms with van der Waals surface area (Å²) in [5, 5.41) is 17.2. The standard InChI is InChI=1S/C19H18FN5O3/c1-10(26)21-19-22-14-8-7-13(17(27-2)16(14)23-19)18-25-24-15(28-18)9-11-3-5-12(20)6-4-11/h3-8,19,22-23H,9H2,1-2H3,(H,21,26). The second-order valence-corrected chi connectivity index (χ2v) is 6.30. The van der Waals surface area contributed by atoms with E-state index >= 15 is 0 Å². The van der Waals surface area contributed by atoms with Crippen LogP contribution in [0.25, 0.3) is 11.5 Å². The molecule has 1 unspecified atom stereocenters. The first-order chi connectivity index (χ1) is 13.5. The van der Waals surface area contributed by atoms with Crippen LogP contribution in [-0.2, 0) is 11.2 Å². The first-order valence-electron chi connectivity index (χ1n) is 8.62. The first-order valence-corrected chi connectivity index (χ1v) is 8.62. The van der Waals surface area contributed by atoms with Gasteiger partial charge in [-0.3, -0.25) is 4.79 Å². The molecular weight excluding hydrogens is 365 g/mol. The van der Waals surface area contributed by atoms with Gasteiger partial charge in [-0.25, -0.2) is 4.39 Å². The number of carbonyl (C=O) groups excluding carboxylic acids is 1. The van der Waals surface area contributed by atoms with Gasteiger partial charge in [-0.15, -0.1) is 10.2 Å². The van der Waals surface area contributed by atoms with E-state index < -0.39 is 6.29 Å². The average molecular weight is 383 g/mol. The summed E-state index contributed by atoms with van der Waals surface area (Å²) in [6, 6.07) is 9.77. The van der Waals surface area contributed by atoms with Crippen molar-refractivity contribution >= 4 is 17.3 Å². The molecule has 3 N–H and O–H groups in total. The quantitative estimate of drug-likeness (QED) is 0.623. The Morgan fingerprint density at radius 1 is 1.21 bits per heavy atom. The Morgan fingerprint density at radius 3 is 2.71 bits per heavy atom. The lowest BCUT2D eigenvalue weighted by Crippen LogP contribution is -2.41. The Labute approximate surface area is 160 Å². The van der Waals surface area contributed by atoms with Crippen LogP contribution in [0.3, 0.4) is 0 Å². The van der Waals surface area contributed by atoms with Gasteiger partial charge >= 0.3 is 0 Å². The Balaban J connectivity index is 1.59. The predicted octanol–water partition coefficient (Wildman–Crippen LogP) is 2.73. The fraction of sp³-hybridized carbons (Fsp3) is 0.211. The van der Waals surface area contributed by atoms with E-state index in [1.807, 2.05) is 6.07 Å². The maximum Gasteiger partial charge on any atom is 0.251 e. The van der Waals surface area contributed by atoms with Gasteiger partial charge in [0.15, 0.2) is 12.0 Å². The topological polar surface area (TPSA) is 101 Å². The zero-order chi connectivity index (χ0) is 19.7. The summed E-state index contributed by atoms with van der Waals surface area (Å²) in [6.07, 6.45) is -0.0429. The third-order valence-electron chi connectivity index (χ3n) is 4.26. The number of hydrogen-bond acceptors (Lipinski definition) is 7. The fourth-order valence-corrected chi connectivity index (χ4v) is 3.05. The summed E-state index contributed by atoms with van der Waals surface area (Å²) in [6.45, 7) is 1.44. The number of benzene rings is 2. The molecule has 1 aromatic heterocycles. The van der Waals surface area contributed by atoms with E-state index in [1.165, 1.54) is 19.1 Å². The molecular formula is C19H18FN5O3. The second kappa shape index (κ2) is 7.18. The van der Waals surface area contributed by atoms with Gasteiger partial charge in [0.2, 0.25) is 11.8 Å². The molecule has 2 heterocycles. The van der Waals surface area contributed by atoms with Crippen molar-refractivity contribution in [3.8, 4) is 17.2 Å². The van der Waals surface area contributed by atoms with Gasteiger partial charge in [0.1, 0.15) is 11.5 Å². The van der Waals surface area contributed by atoms with Crippen LogP contribution in [-0.4, -0.2) is 29.5 Å². The van der Waals surface area contributed by atoms with E-state index in [1.54, 1.807) is 25.3 Å². The summed E-state index contributed by atoms with van der Waals surface area (Å²) >= 11 is 0. The summed E-state index contributed by atoms with van der Waals surface area (Å²) < 4.78 is 24.4. The molecule has 8 nitrogen and oxygen atoms in total. The zero-order valence-corrected chi connectivity index (χ0v) is 15.2. The molecule has 4 rings (SSSR count). The lowest BCUT2D eigenvalue weighted by atomic mass is 10.1. The summed E-state index contributed by atoms with van der Waals surface area (Å²) in [7, 11) is 1.54. The maximum absolute atomic E-state index is 13.0. The molecule has 0 aliphatic carbocycles. The number of aromatic nitrogens is 2. The number of hydrogen-bond donors (Lipinski definition) is 3. The molecule has 3 aromatic rings. The second-order valence-electron chi connectivity index (χ2n) is 6.30. The average Bonchev–Trinajstić information content (AvgIpc) is 3.28. The van der Waals surface area contributed by atoms with Gasteiger partial charge in [0.05, 0.1) is 24.8 Å². The molecule has 0 radical (unpaired) electrons. The number of rotatable bonds is 5. The van der Waals surface area contributed by atoms with Gasteiger partial charge in [-0.1, -0.05) is 12.1 Å². The highest BCUT2D eigenvalue weighted by atomic mass is 19.1. The van der Waals surface area contributed by atoms with E-state index in [9.17, 15) is 9.18 Å². The zero-order valence-electron chi connectivity index (χ0n) is 15.2. The van der Waals surface area contributed by atoms with Crippen molar-refractivity contribution in [2.24, 2.45) is 0 Å². The molecule has 1 aliphatic heterocycles. The van der Waals surface area contributed by atoms with Crippen LogP contribution in [0.5, 0.6) is 5.75 Å². The number of carbonyl (C=O) groups is 1. The number of amides is 1. The highest BCUT2D eigenvalue weighted by Gasteiger charge is 2.27. The van der Waals surface area contributed by atoms with Crippen LogP contribution in [0.15, 0.2) is 40.8 Å². The SMILES string of the molecule is COc1c(-c2nnc(Cc3ccc(F)cc3)o2)ccc2c1NC(NC(C)=O)N2. The van der Waals surface area contributed by atoms with Crippen molar-refractivity contribution in [1.82, 2.24) is 15.5 Å². The van der Waals surface area contributed by atoms with Gasteiger partial charge in [0, 0.05) is 6.92 Å². The van der Waals surface area contributed by atoms with Crippen LogP contribution in [0.2, 0.25) is 0 Å². The van der Waals surface area contributed by atoms with Crippen molar-refractivity contribution in [2.75, 3.05) is 17.7 Å². The minimum atomic E-state index is -0.437. The number of methoxy groups -OCH3 is 1. The van der Waals surface area contributed by atoms with E-state index in [0.717, 1.165) is 11.3 Å². The van der Waals surface area contributed by atoms with Crippen molar-refractivity contribution in [1.29, 1.82) is 0 Å². The Morgan fingerprint density at radius 2 is 2.00 bits per heavy atom. The summed E-state index contributed by atoms with van der Waals surface area (Å²) in [5.41, 5.74) is 2.96. The van der Waals surface area contributed by atoms with E-state index in [-0.39, 0.29) is 11.7 Å². The van der Waals surface area contributed by atoms with Crippen molar-refractivity contribution in [3.63, 3.8) is 0 Å². The van der Waals surface area contributed by atoms with Gasteiger partial charge in [-0.05, 0) is 29.8 Å². The third-order valence-corrected chi connectivity index (χ3v) is 4.26. The van der Waals surface area contributed by atoms with E-state index in [4.69, 9.17) is 9.15 Å². The molecule has 2 aromatic carbocycles. The van der Waals surface area contributed by atoms with Crippen molar-refractivity contribution in [3.05, 3.63) is 53.7 Å². The fourth-order valence-electron chi connectivity index (χ4n) is 3.05. The third kappa shape index (κ3) is 3.46. The molecule has 28 heavy (non-hydrogen) atoms. The molecule has 9 heteroatoms. The highest BCUT2D eigenvalue weighted by molar-refractivity contribution is 5.88. The van der Waals surface area contributed by atoms with Gasteiger partial charge in [0.25, 0.3) is 5.89 Å². The minimum Gasteiger partial charge on any atom is -0.494 e. The molecule has 144 valence electrons. The number of halogens is 1. The molecule has 0 bridgehead atoms. The maximum atomic E-state index is 13.0. The molecule has 1 atom stereocenters. The number of fused-ring (bicyclic) bond motifs is 1. The van der Waals surface area contributed by atoms with E-state index in [2.05, 4.69) is 26.1 Å². The largest absolute Gasteiger partial charge is 0.494 e. The molecule has 0 saturated carbocycles. The van der Waals surface area contributed by atoms with Crippen LogP contribution >= 0.6 is 0 Å². The summed E-state index contributed by atoms with van der Waals surface area (Å²) in [4.78, 5) is 11.3. The van der Waals surface area contributed by atoms with Crippen LogP contribution < -0.4 is 20.7 Å². The minimum absolute atomic E-state index is 0.167. The molecule has 1 amide bonds. The highest BCUT2D eigenvalue weighted by Crippen LogP contribution is 2.43. The number of nitrogens with zero attached hydrogens (tertiary/aromatic N) is 2. The van der Waals surface area contributed by atoms with Crippen molar-refractivity contribution < 1.29 is 18.3 Å². The number of nitrogens with one attached hydrogen (secondary N) is 3. The molecule has 0 saturated heterocycles. The van der Waals surface area contributed by atoms with E-state index in [0.29, 0.717) is 35.2 Å². The van der Waals surface area contributed by atoms with Gasteiger partial charge < -0.3 is 25.1 Å². The first kappa shape index (κ1) is 17.8. The predicted molar refractivity (Wildman–Crippen MR) is 100 cm³/mol. The van der Waals surface area contributed by atoms with Gasteiger partial charge in [-0.2, -0.15) is 0 Å². The lowest BCUT2D eigenvalue weighted by molar-refractivity contribution is -0.119. The molecule has 0 fully saturated rings. The molecule has 0 spiro atoms. The van der Waals surface area contributed by atoms with Crippen LogP contribution in [0.1, 0.15) is 18.4 Å². The Bertz CT molecular complexity index is 1020. The summed E-state index contributed by atoms with van der Waals surface area (Å²) in [5.74, 6) is 0.776. The van der Waals surface area contributed by atoms with Crippen molar-refractivity contribution in [2.45, 2.75) is 19.6 Å². The normalized spacial score (nSPS) is 14.8. The Kier molecular flexibility index (Phi) is 4.56. The monoisotopic (exact) mass is 383 g/mol. The van der Waals surface area contributed by atoms with Crippen LogP contribution in [0, 0.1) is 5.82 Å². The van der Waals surface area contributed by atoms with Crippen LogP contribution in [0.4, 0.5) is 15.8 Å². The molecule has 1 aliphatic rings. The Hall–Kier alpha value is -3.62. The number of anilines is 2. The number of ether oxygens (including phenoxy) is 1.